The number of imide groups is 1. The molecule has 0 saturated carbocycles. The summed E-state index contributed by atoms with van der Waals surface area (Å²) in [7, 11) is 0. The van der Waals surface area contributed by atoms with E-state index in [2.05, 4.69) is 5.32 Å². The number of benzene rings is 2. The molecule has 0 atom stereocenters. The standard InChI is InChI=1S/C23H17N3O5S/c24-12-15-9-11-32-21(15)25-18(27)13-31-19(28)8-3-10-26-22(29)16-6-1-4-14-5-2-7-17(20(14)16)23(26)30/h1-2,4-7,9,11H,3,8,10,13H2,(H,25,27). The van der Waals surface area contributed by atoms with Crippen LogP contribution in [0.2, 0.25) is 0 Å². The van der Waals surface area contributed by atoms with Crippen molar-refractivity contribution in [3.63, 3.8) is 0 Å². The number of esters is 1. The Kier molecular flexibility index (Phi) is 5.96. The van der Waals surface area contributed by atoms with Gasteiger partial charge < -0.3 is 10.1 Å². The molecule has 4 rings (SSSR count). The maximum absolute atomic E-state index is 12.8. The molecule has 2 heterocycles. The highest BCUT2D eigenvalue weighted by molar-refractivity contribution is 7.14. The van der Waals surface area contributed by atoms with Gasteiger partial charge in [-0.1, -0.05) is 24.3 Å². The van der Waals surface area contributed by atoms with Crippen LogP contribution < -0.4 is 5.32 Å². The fraction of sp³-hybridized carbons (Fsp3) is 0.174. The van der Waals surface area contributed by atoms with E-state index in [1.165, 1.54) is 11.3 Å². The van der Waals surface area contributed by atoms with Gasteiger partial charge in [0.1, 0.15) is 11.1 Å². The van der Waals surface area contributed by atoms with Gasteiger partial charge in [0.2, 0.25) is 0 Å². The van der Waals surface area contributed by atoms with Gasteiger partial charge in [-0.25, -0.2) is 0 Å². The van der Waals surface area contributed by atoms with Crippen LogP contribution in [-0.2, 0) is 14.3 Å². The van der Waals surface area contributed by atoms with E-state index in [0.29, 0.717) is 27.1 Å². The Morgan fingerprint density at radius 3 is 2.41 bits per heavy atom. The summed E-state index contributed by atoms with van der Waals surface area (Å²) in [6.07, 6.45) is 0.151. The Hall–Kier alpha value is -4.03. The molecule has 0 saturated heterocycles. The lowest BCUT2D eigenvalue weighted by molar-refractivity contribution is -0.147. The van der Waals surface area contributed by atoms with Crippen LogP contribution in [0.3, 0.4) is 0 Å². The minimum absolute atomic E-state index is 0.0569. The van der Waals surface area contributed by atoms with Crippen molar-refractivity contribution in [1.29, 1.82) is 5.26 Å². The summed E-state index contributed by atoms with van der Waals surface area (Å²) in [5.74, 6) is -1.96. The lowest BCUT2D eigenvalue weighted by Crippen LogP contribution is -2.41. The summed E-state index contributed by atoms with van der Waals surface area (Å²) < 4.78 is 4.95. The SMILES string of the molecule is N#Cc1ccsc1NC(=O)COC(=O)CCCN1C(=O)c2cccc3cccc(c23)C1=O. The van der Waals surface area contributed by atoms with E-state index in [0.717, 1.165) is 10.3 Å². The minimum atomic E-state index is -0.619. The lowest BCUT2D eigenvalue weighted by Gasteiger charge is -2.27. The molecule has 3 amide bonds. The quantitative estimate of drug-likeness (QED) is 0.439. The number of nitrogens with zero attached hydrogens (tertiary/aromatic N) is 2. The highest BCUT2D eigenvalue weighted by Gasteiger charge is 2.32. The van der Waals surface area contributed by atoms with Crippen LogP contribution in [0.1, 0.15) is 39.1 Å². The molecule has 0 fully saturated rings. The van der Waals surface area contributed by atoms with Crippen molar-refractivity contribution in [3.8, 4) is 6.07 Å². The number of thiophene rings is 1. The molecule has 0 spiro atoms. The zero-order chi connectivity index (χ0) is 22.7. The van der Waals surface area contributed by atoms with Gasteiger partial charge in [-0.05, 0) is 35.4 Å². The van der Waals surface area contributed by atoms with Gasteiger partial charge in [-0.3, -0.25) is 24.1 Å². The van der Waals surface area contributed by atoms with Crippen molar-refractivity contribution in [3.05, 3.63) is 64.5 Å². The van der Waals surface area contributed by atoms with Crippen LogP contribution in [0, 0.1) is 11.3 Å². The molecule has 8 nitrogen and oxygen atoms in total. The highest BCUT2D eigenvalue weighted by Crippen LogP contribution is 2.30. The molecule has 0 bridgehead atoms. The fourth-order valence-electron chi connectivity index (χ4n) is 3.54. The number of nitriles is 1. The number of hydrogen-bond donors (Lipinski definition) is 1. The Balaban J connectivity index is 1.29. The van der Waals surface area contributed by atoms with Crippen LogP contribution >= 0.6 is 11.3 Å². The van der Waals surface area contributed by atoms with E-state index in [9.17, 15) is 19.2 Å². The zero-order valence-corrected chi connectivity index (χ0v) is 17.6. The number of carbonyl (C=O) groups excluding carboxylic acids is 4. The number of amides is 3. The smallest absolute Gasteiger partial charge is 0.306 e. The topological polar surface area (TPSA) is 117 Å². The van der Waals surface area contributed by atoms with E-state index >= 15 is 0 Å². The maximum atomic E-state index is 12.8. The number of carbonyl (C=O) groups is 4. The minimum Gasteiger partial charge on any atom is -0.456 e. The van der Waals surface area contributed by atoms with Crippen LogP contribution in [0.15, 0.2) is 47.8 Å². The summed E-state index contributed by atoms with van der Waals surface area (Å²) in [4.78, 5) is 50.7. The summed E-state index contributed by atoms with van der Waals surface area (Å²) in [6, 6.07) is 14.1. The zero-order valence-electron chi connectivity index (χ0n) is 16.8. The van der Waals surface area contributed by atoms with Crippen molar-refractivity contribution in [1.82, 2.24) is 4.90 Å². The molecular formula is C23H17N3O5S. The second-order valence-corrected chi connectivity index (χ2v) is 7.97. The van der Waals surface area contributed by atoms with Gasteiger partial charge in [-0.2, -0.15) is 5.26 Å². The van der Waals surface area contributed by atoms with Crippen molar-refractivity contribution >= 4 is 50.8 Å². The van der Waals surface area contributed by atoms with Crippen molar-refractivity contribution in [2.45, 2.75) is 12.8 Å². The molecule has 32 heavy (non-hydrogen) atoms. The second-order valence-electron chi connectivity index (χ2n) is 7.06. The Morgan fingerprint density at radius 1 is 1.06 bits per heavy atom. The molecule has 0 radical (unpaired) electrons. The van der Waals surface area contributed by atoms with Gasteiger partial charge in [0, 0.05) is 29.5 Å². The summed E-state index contributed by atoms with van der Waals surface area (Å²) in [6.45, 7) is -0.428. The van der Waals surface area contributed by atoms with Crippen molar-refractivity contribution < 1.29 is 23.9 Å². The number of anilines is 1. The molecule has 0 unspecified atom stereocenters. The van der Waals surface area contributed by atoms with Gasteiger partial charge in [0.05, 0.1) is 5.56 Å². The summed E-state index contributed by atoms with van der Waals surface area (Å²) in [5.41, 5.74) is 1.26. The number of rotatable bonds is 7. The maximum Gasteiger partial charge on any atom is 0.306 e. The van der Waals surface area contributed by atoms with Gasteiger partial charge in [-0.15, -0.1) is 11.3 Å². The number of hydrogen-bond acceptors (Lipinski definition) is 7. The van der Waals surface area contributed by atoms with Crippen LogP contribution in [0.25, 0.3) is 10.8 Å². The van der Waals surface area contributed by atoms with Crippen molar-refractivity contribution in [2.75, 3.05) is 18.5 Å². The molecule has 1 aliphatic rings. The third-order valence-electron chi connectivity index (χ3n) is 5.02. The first-order valence-corrected chi connectivity index (χ1v) is 10.7. The highest BCUT2D eigenvalue weighted by atomic mass is 32.1. The molecular weight excluding hydrogens is 430 g/mol. The fourth-order valence-corrected chi connectivity index (χ4v) is 4.29. The third-order valence-corrected chi connectivity index (χ3v) is 5.85. The molecule has 1 aromatic heterocycles. The van der Waals surface area contributed by atoms with Gasteiger partial charge in [0.15, 0.2) is 6.61 Å². The average molecular weight is 447 g/mol. The third kappa shape index (κ3) is 4.08. The largest absolute Gasteiger partial charge is 0.456 e. The number of nitrogens with one attached hydrogen (secondary N) is 1. The first-order valence-electron chi connectivity index (χ1n) is 9.80. The monoisotopic (exact) mass is 447 g/mol. The molecule has 1 N–H and O–H groups in total. The van der Waals surface area contributed by atoms with E-state index in [1.807, 2.05) is 18.2 Å². The van der Waals surface area contributed by atoms with Crippen LogP contribution in [0.4, 0.5) is 5.00 Å². The van der Waals surface area contributed by atoms with E-state index < -0.39 is 30.3 Å². The van der Waals surface area contributed by atoms with Crippen LogP contribution in [0.5, 0.6) is 0 Å². The Morgan fingerprint density at radius 2 is 1.75 bits per heavy atom. The first-order chi connectivity index (χ1) is 15.5. The second kappa shape index (κ2) is 8.99. The predicted molar refractivity (Wildman–Crippen MR) is 117 cm³/mol. The van der Waals surface area contributed by atoms with Gasteiger partial charge >= 0.3 is 5.97 Å². The summed E-state index contributed by atoms with van der Waals surface area (Å²) >= 11 is 1.20. The van der Waals surface area contributed by atoms with Crippen molar-refractivity contribution in [2.24, 2.45) is 0 Å². The normalized spacial score (nSPS) is 12.5. The molecule has 160 valence electrons. The predicted octanol–water partition coefficient (Wildman–Crippen LogP) is 3.33. The Bertz CT molecular complexity index is 1240. The van der Waals surface area contributed by atoms with Crippen LogP contribution in [-0.4, -0.2) is 41.7 Å². The van der Waals surface area contributed by atoms with Gasteiger partial charge in [0.25, 0.3) is 17.7 Å². The van der Waals surface area contributed by atoms with E-state index in [4.69, 9.17) is 10.00 Å². The molecule has 2 aromatic carbocycles. The molecule has 9 heteroatoms. The molecule has 0 aliphatic carbocycles. The first kappa shape index (κ1) is 21.2. The van der Waals surface area contributed by atoms with E-state index in [-0.39, 0.29) is 19.4 Å². The van der Waals surface area contributed by atoms with E-state index in [1.54, 1.807) is 35.7 Å². The lowest BCUT2D eigenvalue weighted by atomic mass is 9.94. The number of ether oxygens (including phenoxy) is 1. The Labute approximate surface area is 187 Å². The molecule has 1 aliphatic heterocycles. The molecule has 3 aromatic rings. The average Bonchev–Trinajstić information content (AvgIpc) is 3.25. The summed E-state index contributed by atoms with van der Waals surface area (Å²) in [5, 5.41) is 15.0.